The van der Waals surface area contributed by atoms with Gasteiger partial charge in [-0.15, -0.1) is 0 Å². The molecule has 0 spiro atoms. The van der Waals surface area contributed by atoms with Crippen molar-refractivity contribution in [2.45, 2.75) is 19.4 Å². The molecule has 2 rings (SSSR count). The molecule has 1 aliphatic heterocycles. The number of halogens is 1. The quantitative estimate of drug-likeness (QED) is 0.846. The van der Waals surface area contributed by atoms with Crippen LogP contribution >= 0.6 is 15.9 Å². The maximum atomic E-state index is 12.1. The third-order valence-corrected chi connectivity index (χ3v) is 4.09. The lowest BCUT2D eigenvalue weighted by Crippen LogP contribution is -2.28. The molecule has 0 saturated carbocycles. The van der Waals surface area contributed by atoms with E-state index in [9.17, 15) is 4.79 Å². The number of hydrogen-bond acceptors (Lipinski definition) is 5. The van der Waals surface area contributed by atoms with Gasteiger partial charge in [0, 0.05) is 20.3 Å². The maximum Gasteiger partial charge on any atom is 0.283 e. The smallest absolute Gasteiger partial charge is 0.283 e. The van der Waals surface area contributed by atoms with Gasteiger partial charge < -0.3 is 14.8 Å². The highest BCUT2D eigenvalue weighted by Crippen LogP contribution is 2.19. The Bertz CT molecular complexity index is 486. The highest BCUT2D eigenvalue weighted by molar-refractivity contribution is 9.10. The Morgan fingerprint density at radius 1 is 1.65 bits per heavy atom. The summed E-state index contributed by atoms with van der Waals surface area (Å²) in [7, 11) is 1.60. The summed E-state index contributed by atoms with van der Waals surface area (Å²) in [5, 5.41) is 7.41. The van der Waals surface area contributed by atoms with Crippen LogP contribution < -0.4 is 10.9 Å². The summed E-state index contributed by atoms with van der Waals surface area (Å²) in [5.41, 5.74) is 0.584. The molecular formula is C13H20BrN3O3. The molecule has 1 N–H and O–H groups in total. The van der Waals surface area contributed by atoms with Crippen molar-refractivity contribution in [3.05, 3.63) is 21.0 Å². The Balaban J connectivity index is 1.97. The fourth-order valence-electron chi connectivity index (χ4n) is 2.15. The number of ether oxygens (including phenoxy) is 2. The molecule has 0 bridgehead atoms. The summed E-state index contributed by atoms with van der Waals surface area (Å²) in [6, 6.07) is 0. The van der Waals surface area contributed by atoms with E-state index in [1.807, 2.05) is 0 Å². The standard InChI is InChI=1S/C13H20BrN3O3/c1-19-6-4-17-13(18)12(14)11(8-16-17)15-7-10-3-2-5-20-9-10/h8,10,15H,2-7,9H2,1H3. The monoisotopic (exact) mass is 345 g/mol. The Labute approximate surface area is 126 Å². The van der Waals surface area contributed by atoms with Crippen LogP contribution in [0.25, 0.3) is 0 Å². The number of rotatable bonds is 6. The molecular weight excluding hydrogens is 326 g/mol. The van der Waals surface area contributed by atoms with Gasteiger partial charge in [-0.05, 0) is 34.7 Å². The van der Waals surface area contributed by atoms with Crippen LogP contribution in [0.3, 0.4) is 0 Å². The zero-order valence-electron chi connectivity index (χ0n) is 11.6. The molecule has 1 atom stereocenters. The second-order valence-electron chi connectivity index (χ2n) is 4.86. The maximum absolute atomic E-state index is 12.1. The number of hydrogen-bond donors (Lipinski definition) is 1. The molecule has 0 aromatic carbocycles. The third-order valence-electron chi connectivity index (χ3n) is 3.33. The third kappa shape index (κ3) is 4.04. The average molecular weight is 346 g/mol. The molecule has 0 amide bonds. The van der Waals surface area contributed by atoms with Crippen LogP contribution in [-0.4, -0.2) is 43.3 Å². The zero-order chi connectivity index (χ0) is 14.4. The summed E-state index contributed by atoms with van der Waals surface area (Å²) in [5.74, 6) is 0.492. The van der Waals surface area contributed by atoms with Crippen molar-refractivity contribution in [1.29, 1.82) is 0 Å². The molecule has 1 fully saturated rings. The van der Waals surface area contributed by atoms with Crippen LogP contribution in [0.4, 0.5) is 5.69 Å². The van der Waals surface area contributed by atoms with Crippen LogP contribution in [-0.2, 0) is 16.0 Å². The average Bonchev–Trinajstić information content (AvgIpc) is 2.49. The molecule has 0 aliphatic carbocycles. The van der Waals surface area contributed by atoms with Crippen LogP contribution in [0.2, 0.25) is 0 Å². The second-order valence-corrected chi connectivity index (χ2v) is 5.65. The van der Waals surface area contributed by atoms with Crippen molar-refractivity contribution in [2.24, 2.45) is 5.92 Å². The minimum atomic E-state index is -0.146. The first-order chi connectivity index (χ1) is 9.72. The number of methoxy groups -OCH3 is 1. The van der Waals surface area contributed by atoms with E-state index in [0.717, 1.165) is 38.3 Å². The van der Waals surface area contributed by atoms with Crippen LogP contribution in [0, 0.1) is 5.92 Å². The second kappa shape index (κ2) is 7.75. The SMILES string of the molecule is COCCn1ncc(NCC2CCCOC2)c(Br)c1=O. The lowest BCUT2D eigenvalue weighted by Gasteiger charge is -2.22. The van der Waals surface area contributed by atoms with Gasteiger partial charge in [0.25, 0.3) is 5.56 Å². The van der Waals surface area contributed by atoms with Gasteiger partial charge in [-0.3, -0.25) is 4.79 Å². The molecule has 1 aromatic rings. The van der Waals surface area contributed by atoms with Gasteiger partial charge in [-0.1, -0.05) is 0 Å². The Morgan fingerprint density at radius 2 is 2.50 bits per heavy atom. The fraction of sp³-hybridized carbons (Fsp3) is 0.692. The Morgan fingerprint density at radius 3 is 3.20 bits per heavy atom. The first-order valence-electron chi connectivity index (χ1n) is 6.78. The fourth-order valence-corrected chi connectivity index (χ4v) is 2.60. The van der Waals surface area contributed by atoms with E-state index in [4.69, 9.17) is 9.47 Å². The Kier molecular flexibility index (Phi) is 6.00. The number of aromatic nitrogens is 2. The lowest BCUT2D eigenvalue weighted by molar-refractivity contribution is 0.0595. The Hall–Kier alpha value is -0.920. The first-order valence-corrected chi connectivity index (χ1v) is 7.58. The molecule has 0 radical (unpaired) electrons. The molecule has 7 heteroatoms. The van der Waals surface area contributed by atoms with E-state index in [2.05, 4.69) is 26.3 Å². The summed E-state index contributed by atoms with van der Waals surface area (Å²) in [6.07, 6.45) is 3.93. The molecule has 112 valence electrons. The highest BCUT2D eigenvalue weighted by atomic mass is 79.9. The molecule has 20 heavy (non-hydrogen) atoms. The van der Waals surface area contributed by atoms with Crippen molar-refractivity contribution in [2.75, 3.05) is 38.8 Å². The summed E-state index contributed by atoms with van der Waals surface area (Å²) in [4.78, 5) is 12.1. The predicted octanol–water partition coefficient (Wildman–Crippen LogP) is 1.49. The summed E-state index contributed by atoms with van der Waals surface area (Å²) < 4.78 is 12.3. The summed E-state index contributed by atoms with van der Waals surface area (Å²) >= 11 is 3.34. The van der Waals surface area contributed by atoms with Gasteiger partial charge >= 0.3 is 0 Å². The van der Waals surface area contributed by atoms with Gasteiger partial charge in [-0.25, -0.2) is 4.68 Å². The minimum absolute atomic E-state index is 0.146. The van der Waals surface area contributed by atoms with Gasteiger partial charge in [0.05, 0.1) is 31.6 Å². The zero-order valence-corrected chi connectivity index (χ0v) is 13.2. The molecule has 6 nitrogen and oxygen atoms in total. The molecule has 2 heterocycles. The van der Waals surface area contributed by atoms with E-state index < -0.39 is 0 Å². The van der Waals surface area contributed by atoms with Crippen LogP contribution in [0.1, 0.15) is 12.8 Å². The van der Waals surface area contributed by atoms with Gasteiger partial charge in [-0.2, -0.15) is 5.10 Å². The van der Waals surface area contributed by atoms with E-state index in [1.165, 1.54) is 4.68 Å². The van der Waals surface area contributed by atoms with E-state index in [-0.39, 0.29) is 5.56 Å². The van der Waals surface area contributed by atoms with Gasteiger partial charge in [0.15, 0.2) is 0 Å². The minimum Gasteiger partial charge on any atom is -0.383 e. The van der Waals surface area contributed by atoms with Crippen molar-refractivity contribution in [3.8, 4) is 0 Å². The normalized spacial score (nSPS) is 19.0. The van der Waals surface area contributed by atoms with Crippen molar-refractivity contribution in [3.63, 3.8) is 0 Å². The number of nitrogens with zero attached hydrogens (tertiary/aromatic N) is 2. The lowest BCUT2D eigenvalue weighted by atomic mass is 10.0. The largest absolute Gasteiger partial charge is 0.383 e. The van der Waals surface area contributed by atoms with Crippen molar-refractivity contribution < 1.29 is 9.47 Å². The predicted molar refractivity (Wildman–Crippen MR) is 80.1 cm³/mol. The number of anilines is 1. The van der Waals surface area contributed by atoms with Gasteiger partial charge in [0.1, 0.15) is 4.47 Å². The molecule has 1 saturated heterocycles. The van der Waals surface area contributed by atoms with Crippen molar-refractivity contribution >= 4 is 21.6 Å². The van der Waals surface area contributed by atoms with E-state index in [1.54, 1.807) is 13.3 Å². The van der Waals surface area contributed by atoms with E-state index >= 15 is 0 Å². The summed E-state index contributed by atoms with van der Waals surface area (Å²) in [6.45, 7) is 3.35. The van der Waals surface area contributed by atoms with Crippen molar-refractivity contribution in [1.82, 2.24) is 9.78 Å². The van der Waals surface area contributed by atoms with Crippen LogP contribution in [0.5, 0.6) is 0 Å². The number of nitrogens with one attached hydrogen (secondary N) is 1. The molecule has 1 aromatic heterocycles. The molecule has 1 unspecified atom stereocenters. The topological polar surface area (TPSA) is 65.4 Å². The first kappa shape index (κ1) is 15.5. The highest BCUT2D eigenvalue weighted by Gasteiger charge is 2.15. The van der Waals surface area contributed by atoms with Crippen LogP contribution in [0.15, 0.2) is 15.5 Å². The molecule has 1 aliphatic rings. The van der Waals surface area contributed by atoms with Gasteiger partial charge in [0.2, 0.25) is 0 Å². The van der Waals surface area contributed by atoms with E-state index in [0.29, 0.717) is 23.5 Å².